The van der Waals surface area contributed by atoms with Crippen LogP contribution < -0.4 is 5.32 Å². The van der Waals surface area contributed by atoms with E-state index >= 15 is 0 Å². The zero-order valence-corrected chi connectivity index (χ0v) is 22.9. The van der Waals surface area contributed by atoms with Gasteiger partial charge in [0.2, 0.25) is 0 Å². The third-order valence-corrected chi connectivity index (χ3v) is 8.94. The highest BCUT2D eigenvalue weighted by Gasteiger charge is 2.29. The van der Waals surface area contributed by atoms with Gasteiger partial charge in [0.1, 0.15) is 6.33 Å². The molecule has 5 heterocycles. The number of fused-ring (bicyclic) bond motifs is 2. The zero-order valence-electron chi connectivity index (χ0n) is 22.9. The van der Waals surface area contributed by atoms with Crippen molar-refractivity contribution in [2.45, 2.75) is 97.1 Å². The number of aryl methyl sites for hydroxylation is 2. The van der Waals surface area contributed by atoms with Gasteiger partial charge in [0, 0.05) is 54.1 Å². The number of hydrogen-bond acceptors (Lipinski definition) is 5. The van der Waals surface area contributed by atoms with E-state index in [9.17, 15) is 0 Å². The first-order chi connectivity index (χ1) is 17.9. The normalized spacial score (nSPS) is 21.5. The van der Waals surface area contributed by atoms with E-state index < -0.39 is 0 Å². The molecule has 0 bridgehead atoms. The van der Waals surface area contributed by atoms with E-state index in [4.69, 9.17) is 9.72 Å². The lowest BCUT2D eigenvalue weighted by Crippen LogP contribution is -2.43. The monoisotopic (exact) mass is 500 g/mol. The second-order valence-electron chi connectivity index (χ2n) is 11.5. The summed E-state index contributed by atoms with van der Waals surface area (Å²) in [6.45, 7) is 13.0. The minimum Gasteiger partial charge on any atom is -0.381 e. The highest BCUT2D eigenvalue weighted by molar-refractivity contribution is 5.94. The van der Waals surface area contributed by atoms with Gasteiger partial charge < -0.3 is 15.0 Å². The van der Waals surface area contributed by atoms with E-state index in [-0.39, 0.29) is 0 Å². The molecule has 0 spiro atoms. The number of H-pyrrole nitrogens is 1. The van der Waals surface area contributed by atoms with Crippen LogP contribution >= 0.6 is 0 Å². The van der Waals surface area contributed by atoms with Crippen molar-refractivity contribution in [2.24, 2.45) is 0 Å². The number of pyridine rings is 2. The Bertz CT molecular complexity index is 1420. The van der Waals surface area contributed by atoms with Crippen LogP contribution in [0.1, 0.15) is 92.2 Å². The second-order valence-corrected chi connectivity index (χ2v) is 11.5. The van der Waals surface area contributed by atoms with Gasteiger partial charge in [-0.3, -0.25) is 4.98 Å². The predicted molar refractivity (Wildman–Crippen MR) is 148 cm³/mol. The first kappa shape index (κ1) is 24.6. The Morgan fingerprint density at radius 2 is 1.68 bits per heavy atom. The molecule has 1 aliphatic carbocycles. The molecular formula is C30H40N6O. The Kier molecular flexibility index (Phi) is 6.53. The molecule has 6 rings (SSSR count). The Morgan fingerprint density at radius 1 is 0.946 bits per heavy atom. The van der Waals surface area contributed by atoms with Crippen molar-refractivity contribution < 1.29 is 4.74 Å². The van der Waals surface area contributed by atoms with E-state index in [0.29, 0.717) is 23.9 Å². The predicted octanol–water partition coefficient (Wildman–Crippen LogP) is 6.12. The van der Waals surface area contributed by atoms with Gasteiger partial charge >= 0.3 is 0 Å². The molecule has 0 radical (unpaired) electrons. The van der Waals surface area contributed by atoms with Gasteiger partial charge in [-0.1, -0.05) is 13.8 Å². The van der Waals surface area contributed by atoms with Gasteiger partial charge in [-0.25, -0.2) is 9.50 Å². The van der Waals surface area contributed by atoms with Gasteiger partial charge in [-0.2, -0.15) is 5.10 Å². The zero-order chi connectivity index (χ0) is 25.7. The molecule has 0 aromatic carbocycles. The second kappa shape index (κ2) is 9.84. The average Bonchev–Trinajstić information content (AvgIpc) is 3.53. The maximum Gasteiger partial charge on any atom is 0.158 e. The molecule has 196 valence electrons. The standard InChI is InChI=1S/C30H40N6O/c1-17(2)26-27-20(5)28(21-6-8-22(9-7-21)34-23-10-12-37-13-11-23)31-14-25(27)35-29(26)24-15-36-30(32-16-33-36)19(4)18(24)3/h14-17,21-23,34-35H,6-13H2,1-5H3. The van der Waals surface area contributed by atoms with Crippen LogP contribution in [0.5, 0.6) is 0 Å². The van der Waals surface area contributed by atoms with Crippen molar-refractivity contribution in [1.82, 2.24) is 29.9 Å². The minimum atomic E-state index is 0.378. The molecule has 2 fully saturated rings. The molecular weight excluding hydrogens is 460 g/mol. The molecule has 37 heavy (non-hydrogen) atoms. The first-order valence-electron chi connectivity index (χ1n) is 14.1. The number of nitrogens with zero attached hydrogens (tertiary/aromatic N) is 4. The molecule has 0 atom stereocenters. The van der Waals surface area contributed by atoms with E-state index in [0.717, 1.165) is 37.2 Å². The highest BCUT2D eigenvalue weighted by Crippen LogP contribution is 2.42. The number of aromatic nitrogens is 5. The van der Waals surface area contributed by atoms with Crippen LogP contribution in [0.2, 0.25) is 0 Å². The van der Waals surface area contributed by atoms with Crippen molar-refractivity contribution in [3.05, 3.63) is 46.7 Å². The maximum absolute atomic E-state index is 5.54. The lowest BCUT2D eigenvalue weighted by molar-refractivity contribution is 0.0729. The smallest absolute Gasteiger partial charge is 0.158 e. The largest absolute Gasteiger partial charge is 0.381 e. The molecule has 0 amide bonds. The Morgan fingerprint density at radius 3 is 2.41 bits per heavy atom. The van der Waals surface area contributed by atoms with E-state index in [2.05, 4.69) is 67.4 Å². The summed E-state index contributed by atoms with van der Waals surface area (Å²) in [5.41, 5.74) is 10.9. The lowest BCUT2D eigenvalue weighted by Gasteiger charge is -2.34. The van der Waals surface area contributed by atoms with Crippen molar-refractivity contribution in [1.29, 1.82) is 0 Å². The molecule has 2 N–H and O–H groups in total. The summed E-state index contributed by atoms with van der Waals surface area (Å²) in [6, 6.07) is 1.26. The van der Waals surface area contributed by atoms with Gasteiger partial charge in [0.15, 0.2) is 5.65 Å². The van der Waals surface area contributed by atoms with Crippen LogP contribution in [0.3, 0.4) is 0 Å². The SMILES string of the molecule is Cc1c(-c2[nH]c3cnc(C4CCC(NC5CCOCC5)CC4)c(C)c3c2C(C)C)cn2ncnc2c1C. The Labute approximate surface area is 219 Å². The van der Waals surface area contributed by atoms with Gasteiger partial charge in [0.25, 0.3) is 0 Å². The van der Waals surface area contributed by atoms with E-state index in [1.165, 1.54) is 70.3 Å². The molecule has 1 aliphatic heterocycles. The van der Waals surface area contributed by atoms with Crippen molar-refractivity contribution in [2.75, 3.05) is 13.2 Å². The van der Waals surface area contributed by atoms with Crippen LogP contribution in [-0.2, 0) is 4.74 Å². The molecule has 7 nitrogen and oxygen atoms in total. The van der Waals surface area contributed by atoms with Crippen molar-refractivity contribution >= 4 is 16.6 Å². The molecule has 4 aromatic rings. The van der Waals surface area contributed by atoms with Gasteiger partial charge in [-0.05, 0) is 87.5 Å². The molecule has 0 unspecified atom stereocenters. The summed E-state index contributed by atoms with van der Waals surface area (Å²) in [6.07, 6.45) is 13.0. The number of aromatic amines is 1. The van der Waals surface area contributed by atoms with Crippen LogP contribution in [0.4, 0.5) is 0 Å². The Hall–Kier alpha value is -2.77. The van der Waals surface area contributed by atoms with Crippen LogP contribution in [-0.4, -0.2) is 49.9 Å². The molecule has 4 aromatic heterocycles. The van der Waals surface area contributed by atoms with Crippen LogP contribution in [0.25, 0.3) is 27.8 Å². The lowest BCUT2D eigenvalue weighted by atomic mass is 9.81. The van der Waals surface area contributed by atoms with Gasteiger partial charge in [-0.15, -0.1) is 0 Å². The molecule has 1 saturated heterocycles. The summed E-state index contributed by atoms with van der Waals surface area (Å²) < 4.78 is 7.44. The summed E-state index contributed by atoms with van der Waals surface area (Å²) in [5, 5.41) is 9.72. The van der Waals surface area contributed by atoms with Crippen molar-refractivity contribution in [3.63, 3.8) is 0 Å². The average molecular weight is 501 g/mol. The number of hydrogen-bond donors (Lipinski definition) is 2. The third-order valence-electron chi connectivity index (χ3n) is 8.94. The fourth-order valence-electron chi connectivity index (χ4n) is 6.78. The third kappa shape index (κ3) is 4.36. The maximum atomic E-state index is 5.54. The van der Waals surface area contributed by atoms with E-state index in [1.807, 2.05) is 4.52 Å². The van der Waals surface area contributed by atoms with Crippen LogP contribution in [0, 0.1) is 20.8 Å². The number of nitrogens with one attached hydrogen (secondary N) is 2. The first-order valence-corrected chi connectivity index (χ1v) is 14.1. The minimum absolute atomic E-state index is 0.378. The van der Waals surface area contributed by atoms with Crippen LogP contribution in [0.15, 0.2) is 18.7 Å². The quantitative estimate of drug-likeness (QED) is 0.345. The summed E-state index contributed by atoms with van der Waals surface area (Å²) in [5.74, 6) is 0.911. The summed E-state index contributed by atoms with van der Waals surface area (Å²) in [7, 11) is 0. The Balaban J connectivity index is 1.33. The fraction of sp³-hybridized carbons (Fsp3) is 0.567. The van der Waals surface area contributed by atoms with Crippen molar-refractivity contribution in [3.8, 4) is 11.3 Å². The fourth-order valence-corrected chi connectivity index (χ4v) is 6.78. The number of ether oxygens (including phenoxy) is 1. The van der Waals surface area contributed by atoms with Gasteiger partial charge in [0.05, 0.1) is 17.4 Å². The number of rotatable bonds is 5. The highest BCUT2D eigenvalue weighted by atomic mass is 16.5. The summed E-state index contributed by atoms with van der Waals surface area (Å²) in [4.78, 5) is 13.3. The molecule has 1 saturated carbocycles. The molecule has 7 heteroatoms. The topological polar surface area (TPSA) is 80.1 Å². The summed E-state index contributed by atoms with van der Waals surface area (Å²) >= 11 is 0. The molecule has 2 aliphatic rings. The van der Waals surface area contributed by atoms with E-state index in [1.54, 1.807) is 6.33 Å².